The number of hydrogen-bond acceptors (Lipinski definition) is 6. The molecule has 0 atom stereocenters. The van der Waals surface area contributed by atoms with E-state index in [-0.39, 0.29) is 6.61 Å². The molecule has 0 unspecified atom stereocenters. The normalized spacial score (nSPS) is 10.4. The van der Waals surface area contributed by atoms with Gasteiger partial charge in [0.25, 0.3) is 4.92 Å². The van der Waals surface area contributed by atoms with E-state index in [9.17, 15) is 13.3 Å². The zero-order valence-electron chi connectivity index (χ0n) is 12.0. The highest BCUT2D eigenvalue weighted by molar-refractivity contribution is 7.81. The summed E-state index contributed by atoms with van der Waals surface area (Å²) < 4.78 is 30.4. The van der Waals surface area contributed by atoms with Crippen molar-refractivity contribution < 1.29 is 26.5 Å². The van der Waals surface area contributed by atoms with Gasteiger partial charge in [0.15, 0.2) is 7.11 Å². The monoisotopic (exact) mass is 306 g/mol. The summed E-state index contributed by atoms with van der Waals surface area (Å²) >= 11 is 0. The van der Waals surface area contributed by atoms with Gasteiger partial charge in [-0.15, -0.1) is 0 Å². The molecule has 0 aromatic heterocycles. The van der Waals surface area contributed by atoms with Crippen molar-refractivity contribution in [3.63, 3.8) is 0 Å². The summed E-state index contributed by atoms with van der Waals surface area (Å²) in [4.78, 5) is 15.8. The van der Waals surface area contributed by atoms with Crippen molar-refractivity contribution in [1.29, 1.82) is 0 Å². The Morgan fingerprint density at radius 1 is 1.10 bits per heavy atom. The van der Waals surface area contributed by atoms with Crippen molar-refractivity contribution >= 4 is 16.1 Å². The molecule has 0 saturated heterocycles. The first-order valence-corrected chi connectivity index (χ1v) is 7.28. The van der Waals surface area contributed by atoms with E-state index >= 15 is 0 Å². The van der Waals surface area contributed by atoms with Crippen molar-refractivity contribution in [3.8, 4) is 0 Å². The molecule has 0 heterocycles. The molecule has 0 aliphatic carbocycles. The second-order valence-corrected chi connectivity index (χ2v) is 5.04. The maximum Gasteiger partial charge on any atom is 0.399 e. The third kappa shape index (κ3) is 7.17. The minimum atomic E-state index is -3.95. The van der Waals surface area contributed by atoms with Crippen molar-refractivity contribution in [1.82, 2.24) is 0 Å². The van der Waals surface area contributed by atoms with Gasteiger partial charge in [-0.2, -0.15) is 8.42 Å². The summed E-state index contributed by atoms with van der Waals surface area (Å²) in [5.41, 5.74) is 0.879. The van der Waals surface area contributed by atoms with E-state index in [4.69, 9.17) is 0 Å². The molecular weight excluding hydrogens is 286 g/mol. The second-order valence-electron chi connectivity index (χ2n) is 3.65. The maximum absolute atomic E-state index is 11.0. The van der Waals surface area contributed by atoms with Gasteiger partial charge < -0.3 is 0 Å². The summed E-state index contributed by atoms with van der Waals surface area (Å²) in [5.74, 6) is 0. The number of hydrogen-bond donors (Lipinski definition) is 0. The third-order valence-electron chi connectivity index (χ3n) is 1.89. The highest BCUT2D eigenvalue weighted by Gasteiger charge is 2.14. The Labute approximate surface area is 119 Å². The Bertz CT molecular complexity index is 497. The molecule has 20 heavy (non-hydrogen) atoms. The van der Waals surface area contributed by atoms with Crippen LogP contribution in [0.4, 0.5) is 5.69 Å². The second kappa shape index (κ2) is 9.40. The minimum Gasteiger partial charge on any atom is -0.252 e. The minimum absolute atomic E-state index is 0.164. The highest BCUT2D eigenvalue weighted by atomic mass is 32.3. The van der Waals surface area contributed by atoms with E-state index in [2.05, 4.69) is 27.1 Å². The molecule has 0 spiro atoms. The van der Waals surface area contributed by atoms with E-state index < -0.39 is 10.4 Å². The third-order valence-corrected chi connectivity index (χ3v) is 2.70. The summed E-state index contributed by atoms with van der Waals surface area (Å²) in [6, 6.07) is 6.05. The van der Waals surface area contributed by atoms with E-state index in [1.165, 1.54) is 25.7 Å². The van der Waals surface area contributed by atoms with Crippen molar-refractivity contribution in [3.05, 3.63) is 34.7 Å². The topological polar surface area (TPSA) is 81.9 Å². The van der Waals surface area contributed by atoms with Crippen LogP contribution >= 0.6 is 0 Å². The van der Waals surface area contributed by atoms with Crippen LogP contribution < -0.4 is 0 Å². The first kappa shape index (κ1) is 18.5. The van der Waals surface area contributed by atoms with E-state index in [0.717, 1.165) is 7.11 Å². The predicted molar refractivity (Wildman–Crippen MR) is 73.4 cm³/mol. The average molecular weight is 306 g/mol. The van der Waals surface area contributed by atoms with Crippen LogP contribution in [0.15, 0.2) is 24.3 Å². The van der Waals surface area contributed by atoms with Gasteiger partial charge in [0.05, 0.1) is 18.6 Å². The maximum atomic E-state index is 11.0. The van der Waals surface area contributed by atoms with Crippen molar-refractivity contribution in [2.45, 2.75) is 26.9 Å². The fraction of sp³-hybridized carbons (Fsp3) is 0.500. The van der Waals surface area contributed by atoms with Crippen LogP contribution in [0.3, 0.4) is 0 Å². The number of nitrogens with zero attached hydrogens (tertiary/aromatic N) is 1. The molecule has 114 valence electrons. The van der Waals surface area contributed by atoms with Crippen LogP contribution in [0, 0.1) is 4.91 Å². The van der Waals surface area contributed by atoms with Gasteiger partial charge in [-0.25, -0.2) is 9.02 Å². The Morgan fingerprint density at radius 2 is 1.60 bits per heavy atom. The molecule has 0 amide bonds. The van der Waals surface area contributed by atoms with Crippen LogP contribution in [-0.4, -0.2) is 27.6 Å². The van der Waals surface area contributed by atoms with Crippen molar-refractivity contribution in [2.75, 3.05) is 14.2 Å². The van der Waals surface area contributed by atoms with Crippen LogP contribution in [0.2, 0.25) is 0 Å². The zero-order chi connectivity index (χ0) is 15.6. The molecule has 1 rings (SSSR count). The molecule has 1 aromatic rings. The van der Waals surface area contributed by atoms with Gasteiger partial charge in [0.2, 0.25) is 0 Å². The van der Waals surface area contributed by atoms with Gasteiger partial charge >= 0.3 is 16.1 Å². The van der Waals surface area contributed by atoms with E-state index in [0.29, 0.717) is 16.2 Å². The number of benzene rings is 1. The zero-order valence-corrected chi connectivity index (χ0v) is 12.8. The first-order valence-electron chi connectivity index (χ1n) is 5.95. The molecule has 0 N–H and O–H groups in total. The van der Waals surface area contributed by atoms with Gasteiger partial charge in [0, 0.05) is 12.1 Å². The van der Waals surface area contributed by atoms with Crippen LogP contribution in [-0.2, 0) is 30.2 Å². The summed E-state index contributed by atoms with van der Waals surface area (Å²) in [7, 11) is -1.69. The summed E-state index contributed by atoms with van der Waals surface area (Å²) in [6.45, 7) is 4.09. The van der Waals surface area contributed by atoms with Crippen LogP contribution in [0.5, 0.6) is 0 Å². The lowest BCUT2D eigenvalue weighted by Gasteiger charge is -2.02. The lowest BCUT2D eigenvalue weighted by molar-refractivity contribution is -0.736. The predicted octanol–water partition coefficient (Wildman–Crippen LogP) is 2.48. The smallest absolute Gasteiger partial charge is 0.252 e. The standard InChI is InChI=1S/C9H12NO6S.C3H8/c1-14-10(11)9-5-3-8(4-6-9)7-16-17(12,13)15-2;1-3-2/h3-6H,7H2,1-2H3;3H2,1-2H3/q+1;. The first-order chi connectivity index (χ1) is 9.40. The molecule has 8 heteroatoms. The van der Waals surface area contributed by atoms with Crippen molar-refractivity contribution in [2.24, 2.45) is 0 Å². The van der Waals surface area contributed by atoms with Gasteiger partial charge in [-0.3, -0.25) is 4.18 Å². The molecule has 7 nitrogen and oxygen atoms in total. The quantitative estimate of drug-likeness (QED) is 0.751. The molecule has 0 aliphatic heterocycles. The fourth-order valence-corrected chi connectivity index (χ4v) is 1.38. The van der Waals surface area contributed by atoms with Gasteiger partial charge in [-0.05, 0) is 17.7 Å². The van der Waals surface area contributed by atoms with Crippen LogP contribution in [0.1, 0.15) is 25.8 Å². The Morgan fingerprint density at radius 3 is 2.00 bits per heavy atom. The highest BCUT2D eigenvalue weighted by Crippen LogP contribution is 2.14. The van der Waals surface area contributed by atoms with Gasteiger partial charge in [0.1, 0.15) is 0 Å². The average Bonchev–Trinajstić information content (AvgIpc) is 2.46. The molecule has 1 aromatic carbocycles. The largest absolute Gasteiger partial charge is 0.399 e. The fourth-order valence-electron chi connectivity index (χ4n) is 1.01. The molecule has 0 fully saturated rings. The van der Waals surface area contributed by atoms with E-state index in [1.54, 1.807) is 12.1 Å². The molecule has 0 radical (unpaired) electrons. The SMILES string of the molecule is CCC.CO[N+](=O)c1ccc(COS(=O)(=O)OC)cc1. The Balaban J connectivity index is 0.00000110. The van der Waals surface area contributed by atoms with Gasteiger partial charge in [-0.1, -0.05) is 20.3 Å². The lowest BCUT2D eigenvalue weighted by Crippen LogP contribution is -2.07. The molecule has 0 saturated carbocycles. The van der Waals surface area contributed by atoms with Crippen LogP contribution in [0.25, 0.3) is 0 Å². The molecule has 0 bridgehead atoms. The molecular formula is C12H20NO6S+. The Kier molecular flexibility index (Phi) is 8.69. The van der Waals surface area contributed by atoms with E-state index in [1.807, 2.05) is 0 Å². The summed E-state index contributed by atoms with van der Waals surface area (Å²) in [6.07, 6.45) is 1.25. The lowest BCUT2D eigenvalue weighted by atomic mass is 10.2. The Hall–Kier alpha value is -1.51. The summed E-state index contributed by atoms with van der Waals surface area (Å²) in [5, 5.41) is 0. The molecule has 0 aliphatic rings. The number of rotatable bonds is 6.